The molecule has 1 saturated carbocycles. The summed E-state index contributed by atoms with van der Waals surface area (Å²) in [4.78, 5) is 0. The van der Waals surface area contributed by atoms with E-state index in [-0.39, 0.29) is 0 Å². The second kappa shape index (κ2) is 7.03. The van der Waals surface area contributed by atoms with E-state index in [1.165, 1.54) is 37.6 Å². The number of hydrogen-bond acceptors (Lipinski definition) is 0. The Kier molecular flexibility index (Phi) is 7.06. The van der Waals surface area contributed by atoms with E-state index < -0.39 is 0 Å². The van der Waals surface area contributed by atoms with Crippen LogP contribution in [-0.4, -0.2) is 0 Å². The first-order chi connectivity index (χ1) is 3.91. The van der Waals surface area contributed by atoms with Crippen molar-refractivity contribution < 1.29 is 0 Å². The minimum Gasteiger partial charge on any atom is -0.0936 e. The SMILES string of the molecule is C1CCCC1.C=CCl. The van der Waals surface area contributed by atoms with Crippen LogP contribution >= 0.6 is 11.6 Å². The molecule has 1 rings (SSSR count). The van der Waals surface area contributed by atoms with Crippen molar-refractivity contribution in [3.63, 3.8) is 0 Å². The van der Waals surface area contributed by atoms with Crippen molar-refractivity contribution in [2.24, 2.45) is 0 Å². The Morgan fingerprint density at radius 2 is 1.12 bits per heavy atom. The van der Waals surface area contributed by atoms with Crippen LogP contribution in [-0.2, 0) is 0 Å². The average molecular weight is 133 g/mol. The number of rotatable bonds is 0. The van der Waals surface area contributed by atoms with Gasteiger partial charge in [0.2, 0.25) is 0 Å². The van der Waals surface area contributed by atoms with E-state index >= 15 is 0 Å². The summed E-state index contributed by atoms with van der Waals surface area (Å²) in [5.74, 6) is 0. The second-order valence-electron chi connectivity index (χ2n) is 1.92. The maximum Gasteiger partial charge on any atom is -0.00296 e. The fourth-order valence-electron chi connectivity index (χ4n) is 0.884. The Balaban J connectivity index is 0.000000145. The molecule has 1 aliphatic rings. The maximum atomic E-state index is 4.76. The van der Waals surface area contributed by atoms with Gasteiger partial charge in [-0.05, 0) is 5.54 Å². The van der Waals surface area contributed by atoms with Gasteiger partial charge in [-0.2, -0.15) is 0 Å². The van der Waals surface area contributed by atoms with Crippen LogP contribution in [0.1, 0.15) is 32.1 Å². The van der Waals surface area contributed by atoms with Crippen molar-refractivity contribution >= 4 is 11.6 Å². The summed E-state index contributed by atoms with van der Waals surface area (Å²) in [6, 6.07) is 0. The summed E-state index contributed by atoms with van der Waals surface area (Å²) in [6.07, 6.45) is 7.50. The van der Waals surface area contributed by atoms with Gasteiger partial charge in [0.05, 0.1) is 0 Å². The predicted molar refractivity (Wildman–Crippen MR) is 39.1 cm³/mol. The van der Waals surface area contributed by atoms with Crippen molar-refractivity contribution in [3.8, 4) is 0 Å². The van der Waals surface area contributed by atoms with Crippen LogP contribution in [0.2, 0.25) is 0 Å². The molecule has 8 heavy (non-hydrogen) atoms. The lowest BCUT2D eigenvalue weighted by Gasteiger charge is -1.67. The van der Waals surface area contributed by atoms with E-state index in [0.717, 1.165) is 0 Å². The Morgan fingerprint density at radius 3 is 1.25 bits per heavy atom. The van der Waals surface area contributed by atoms with Crippen LogP contribution in [0.4, 0.5) is 0 Å². The highest BCUT2D eigenvalue weighted by atomic mass is 35.5. The van der Waals surface area contributed by atoms with Gasteiger partial charge in [0, 0.05) is 0 Å². The molecule has 0 spiro atoms. The highest BCUT2D eigenvalue weighted by Gasteiger charge is 1.95. The summed E-state index contributed by atoms with van der Waals surface area (Å²) in [7, 11) is 0. The molecule has 0 aromatic rings. The van der Waals surface area contributed by atoms with Crippen molar-refractivity contribution in [1.82, 2.24) is 0 Å². The average Bonchev–Trinajstić information content (AvgIpc) is 2.17. The third-order valence-electron chi connectivity index (χ3n) is 1.25. The molecular formula is C7H13Cl. The third-order valence-corrected chi connectivity index (χ3v) is 1.25. The molecule has 0 atom stereocenters. The fourth-order valence-corrected chi connectivity index (χ4v) is 0.884. The summed E-state index contributed by atoms with van der Waals surface area (Å²) >= 11 is 4.76. The van der Waals surface area contributed by atoms with Crippen molar-refractivity contribution in [1.29, 1.82) is 0 Å². The van der Waals surface area contributed by atoms with Gasteiger partial charge in [-0.25, -0.2) is 0 Å². The van der Waals surface area contributed by atoms with Crippen LogP contribution in [0.5, 0.6) is 0 Å². The predicted octanol–water partition coefficient (Wildman–Crippen LogP) is 3.32. The second-order valence-corrected chi connectivity index (χ2v) is 2.23. The number of halogens is 1. The zero-order valence-electron chi connectivity index (χ0n) is 5.20. The van der Waals surface area contributed by atoms with E-state index in [0.29, 0.717) is 0 Å². The first-order valence-corrected chi connectivity index (χ1v) is 3.56. The Hall–Kier alpha value is 0.0300. The summed E-state index contributed by atoms with van der Waals surface area (Å²) < 4.78 is 0. The van der Waals surface area contributed by atoms with Gasteiger partial charge in [0.25, 0.3) is 0 Å². The number of hydrogen-bond donors (Lipinski definition) is 0. The van der Waals surface area contributed by atoms with Gasteiger partial charge in [-0.1, -0.05) is 50.3 Å². The van der Waals surface area contributed by atoms with Crippen LogP contribution in [0.25, 0.3) is 0 Å². The zero-order valence-corrected chi connectivity index (χ0v) is 5.95. The summed E-state index contributed by atoms with van der Waals surface area (Å²) in [5.41, 5.74) is 1.22. The molecule has 1 aliphatic carbocycles. The van der Waals surface area contributed by atoms with Crippen LogP contribution in [0.3, 0.4) is 0 Å². The molecule has 1 heteroatoms. The highest BCUT2D eigenvalue weighted by Crippen LogP contribution is 2.15. The van der Waals surface area contributed by atoms with Crippen LogP contribution in [0, 0.1) is 0 Å². The summed E-state index contributed by atoms with van der Waals surface area (Å²) in [6.45, 7) is 3.13. The minimum atomic E-state index is 1.22. The largest absolute Gasteiger partial charge is 0.0936 e. The molecule has 0 bridgehead atoms. The molecule has 0 unspecified atom stereocenters. The molecule has 0 heterocycles. The molecule has 0 saturated heterocycles. The lowest BCUT2D eigenvalue weighted by molar-refractivity contribution is 0.886. The Labute approximate surface area is 56.5 Å². The topological polar surface area (TPSA) is 0 Å². The molecule has 0 N–H and O–H groups in total. The maximum absolute atomic E-state index is 4.76. The van der Waals surface area contributed by atoms with Crippen LogP contribution in [0.15, 0.2) is 12.1 Å². The van der Waals surface area contributed by atoms with Gasteiger partial charge in [0.1, 0.15) is 0 Å². The van der Waals surface area contributed by atoms with Crippen LogP contribution < -0.4 is 0 Å². The van der Waals surface area contributed by atoms with Gasteiger partial charge in [-0.3, -0.25) is 0 Å². The third kappa shape index (κ3) is 6.03. The molecule has 0 aromatic carbocycles. The smallest absolute Gasteiger partial charge is 0.00296 e. The van der Waals surface area contributed by atoms with Crippen molar-refractivity contribution in [2.45, 2.75) is 32.1 Å². The van der Waals surface area contributed by atoms with Gasteiger partial charge in [-0.15, -0.1) is 0 Å². The van der Waals surface area contributed by atoms with E-state index in [1.54, 1.807) is 0 Å². The minimum absolute atomic E-state index is 1.22. The standard InChI is InChI=1S/C5H10.C2H3Cl/c1-2-4-5-3-1;1-2-3/h1-5H2;2H,1H2. The summed E-state index contributed by atoms with van der Waals surface area (Å²) in [5, 5.41) is 0. The molecule has 1 fully saturated rings. The van der Waals surface area contributed by atoms with Crippen molar-refractivity contribution in [2.75, 3.05) is 0 Å². The zero-order chi connectivity index (χ0) is 6.24. The normalized spacial score (nSPS) is 16.6. The van der Waals surface area contributed by atoms with Crippen molar-refractivity contribution in [3.05, 3.63) is 12.1 Å². The van der Waals surface area contributed by atoms with Gasteiger partial charge < -0.3 is 0 Å². The van der Waals surface area contributed by atoms with Gasteiger partial charge >= 0.3 is 0 Å². The lowest BCUT2D eigenvalue weighted by atomic mass is 10.4. The molecule has 0 radical (unpaired) electrons. The molecule has 0 amide bonds. The van der Waals surface area contributed by atoms with E-state index in [1.807, 2.05) is 0 Å². The molecule has 0 aliphatic heterocycles. The highest BCUT2D eigenvalue weighted by molar-refractivity contribution is 6.25. The van der Waals surface area contributed by atoms with E-state index in [4.69, 9.17) is 11.6 Å². The molecular weight excluding hydrogens is 120 g/mol. The quantitative estimate of drug-likeness (QED) is 0.475. The Morgan fingerprint density at radius 1 is 1.00 bits per heavy atom. The fraction of sp³-hybridized carbons (Fsp3) is 0.714. The molecule has 48 valence electrons. The van der Waals surface area contributed by atoms with E-state index in [9.17, 15) is 0 Å². The first-order valence-electron chi connectivity index (χ1n) is 3.13. The molecule has 0 nitrogen and oxygen atoms in total. The van der Waals surface area contributed by atoms with Gasteiger partial charge in [0.15, 0.2) is 0 Å². The lowest BCUT2D eigenvalue weighted by Crippen LogP contribution is -1.47. The first kappa shape index (κ1) is 8.03. The van der Waals surface area contributed by atoms with E-state index in [2.05, 4.69) is 6.58 Å². The monoisotopic (exact) mass is 132 g/mol. The molecule has 0 aromatic heterocycles. The Bertz CT molecular complexity index is 38.7.